The number of hydrogen-bond donors (Lipinski definition) is 0. The molecule has 0 saturated carbocycles. The van der Waals surface area contributed by atoms with Gasteiger partial charge in [0.05, 0.1) is 11.0 Å². The Morgan fingerprint density at radius 1 is 0.818 bits per heavy atom. The van der Waals surface area contributed by atoms with Gasteiger partial charge in [0.15, 0.2) is 0 Å². The smallest absolute Gasteiger partial charge is 0.0886 e. The second-order valence-corrected chi connectivity index (χ2v) is 2.05. The van der Waals surface area contributed by atoms with Gasteiger partial charge in [-0.25, -0.2) is 0 Å². The summed E-state index contributed by atoms with van der Waals surface area (Å²) in [6.45, 7) is 0. The van der Waals surface area contributed by atoms with Gasteiger partial charge in [-0.05, 0) is 12.1 Å². The van der Waals surface area contributed by atoms with Crippen molar-refractivity contribution in [2.75, 3.05) is 0 Å². The minimum absolute atomic E-state index is 0. The van der Waals surface area contributed by atoms with E-state index >= 15 is 0 Å². The van der Waals surface area contributed by atoms with E-state index in [-0.39, 0.29) is 51.4 Å². The Morgan fingerprint density at radius 2 is 1.27 bits per heavy atom. The molecule has 2 aromatic rings. The third kappa shape index (κ3) is 2.07. The monoisotopic (exact) mass is 169 g/mol. The van der Waals surface area contributed by atoms with Gasteiger partial charge in [-0.2, -0.15) is 0 Å². The molecule has 0 aliphatic rings. The van der Waals surface area contributed by atoms with Crippen molar-refractivity contribution in [3.8, 4) is 0 Å². The second kappa shape index (κ2) is 4.28. The Bertz CT molecular complexity index is 283. The van der Waals surface area contributed by atoms with Gasteiger partial charge in [0.25, 0.3) is 0 Å². The summed E-state index contributed by atoms with van der Waals surface area (Å²) in [7, 11) is 0. The molecule has 0 amide bonds. The molecular weight excluding hydrogens is 163 g/mol. The Balaban J connectivity index is 0.000000605. The summed E-state index contributed by atoms with van der Waals surface area (Å²) in [5, 5.41) is 0. The van der Waals surface area contributed by atoms with Gasteiger partial charge in [-0.3, -0.25) is 9.97 Å². The average Bonchev–Trinajstić information content (AvgIpc) is 2.05. The van der Waals surface area contributed by atoms with E-state index in [0.29, 0.717) is 0 Å². The van der Waals surface area contributed by atoms with Gasteiger partial charge >= 0.3 is 0 Å². The van der Waals surface area contributed by atoms with E-state index in [0.717, 1.165) is 11.0 Å². The molecule has 1 aromatic heterocycles. The maximum absolute atomic E-state index is 4.12. The van der Waals surface area contributed by atoms with Gasteiger partial charge in [0, 0.05) is 63.8 Å². The standard InChI is InChI=1S/C8H6N2.K/c1-2-4-8-7(3-1)9-5-6-10-8;/h1-6H;. The zero-order valence-electron chi connectivity index (χ0n) is 6.36. The van der Waals surface area contributed by atoms with Crippen LogP contribution in [0.4, 0.5) is 0 Å². The summed E-state index contributed by atoms with van der Waals surface area (Å²) in [6, 6.07) is 7.80. The van der Waals surface area contributed by atoms with Crippen LogP contribution in [0.3, 0.4) is 0 Å². The Morgan fingerprint density at radius 3 is 1.73 bits per heavy atom. The molecule has 1 aromatic carbocycles. The van der Waals surface area contributed by atoms with Crippen molar-refractivity contribution in [2.45, 2.75) is 0 Å². The first-order valence-electron chi connectivity index (χ1n) is 3.12. The molecule has 0 saturated heterocycles. The molecule has 1 heterocycles. The number of hydrogen-bond acceptors (Lipinski definition) is 2. The van der Waals surface area contributed by atoms with E-state index in [1.54, 1.807) is 12.4 Å². The predicted molar refractivity (Wildman–Crippen MR) is 45.3 cm³/mol. The molecule has 1 radical (unpaired) electrons. The van der Waals surface area contributed by atoms with Crippen LogP contribution in [0.15, 0.2) is 36.7 Å². The molecule has 0 aliphatic heterocycles. The van der Waals surface area contributed by atoms with Gasteiger partial charge in [0.2, 0.25) is 0 Å². The first-order chi connectivity index (χ1) is 4.97. The molecule has 2 rings (SSSR count). The zero-order valence-corrected chi connectivity index (χ0v) is 9.48. The van der Waals surface area contributed by atoms with Crippen LogP contribution < -0.4 is 0 Å². The van der Waals surface area contributed by atoms with Crippen molar-refractivity contribution >= 4 is 62.4 Å². The van der Waals surface area contributed by atoms with E-state index in [2.05, 4.69) is 9.97 Å². The third-order valence-corrected chi connectivity index (χ3v) is 1.38. The first-order valence-corrected chi connectivity index (χ1v) is 3.12. The summed E-state index contributed by atoms with van der Waals surface area (Å²) < 4.78 is 0. The van der Waals surface area contributed by atoms with Crippen LogP contribution in [-0.4, -0.2) is 61.4 Å². The van der Waals surface area contributed by atoms with Gasteiger partial charge in [-0.15, -0.1) is 0 Å². The molecule has 0 unspecified atom stereocenters. The maximum atomic E-state index is 4.12. The quantitative estimate of drug-likeness (QED) is 0.555. The van der Waals surface area contributed by atoms with Crippen molar-refractivity contribution in [1.29, 1.82) is 0 Å². The Labute approximate surface area is 107 Å². The summed E-state index contributed by atoms with van der Waals surface area (Å²) in [4.78, 5) is 8.24. The molecule has 0 atom stereocenters. The van der Waals surface area contributed by atoms with Crippen LogP contribution >= 0.6 is 0 Å². The molecule has 11 heavy (non-hydrogen) atoms. The van der Waals surface area contributed by atoms with Gasteiger partial charge in [0.1, 0.15) is 0 Å². The largest absolute Gasteiger partial charge is 0.253 e. The van der Waals surface area contributed by atoms with Gasteiger partial charge < -0.3 is 0 Å². The van der Waals surface area contributed by atoms with E-state index in [1.807, 2.05) is 24.3 Å². The first kappa shape index (κ1) is 9.29. The van der Waals surface area contributed by atoms with Crippen molar-refractivity contribution < 1.29 is 0 Å². The second-order valence-electron chi connectivity index (χ2n) is 2.05. The number of fused-ring (bicyclic) bond motifs is 1. The van der Waals surface area contributed by atoms with Crippen molar-refractivity contribution in [3.05, 3.63) is 36.7 Å². The molecule has 0 fully saturated rings. The molecule has 3 heteroatoms. The third-order valence-electron chi connectivity index (χ3n) is 1.38. The van der Waals surface area contributed by atoms with Crippen LogP contribution in [0.5, 0.6) is 0 Å². The number of benzene rings is 1. The molecule has 49 valence electrons. The van der Waals surface area contributed by atoms with E-state index in [9.17, 15) is 0 Å². The van der Waals surface area contributed by atoms with Crippen LogP contribution in [0, 0.1) is 0 Å². The minimum atomic E-state index is 0. The summed E-state index contributed by atoms with van der Waals surface area (Å²) in [5.41, 5.74) is 1.90. The van der Waals surface area contributed by atoms with Crippen LogP contribution in [0.1, 0.15) is 0 Å². The normalized spacial score (nSPS) is 9.09. The van der Waals surface area contributed by atoms with Crippen molar-refractivity contribution in [3.63, 3.8) is 0 Å². The van der Waals surface area contributed by atoms with Crippen LogP contribution in [-0.2, 0) is 0 Å². The molecular formula is C8H6KN2. The molecule has 0 bridgehead atoms. The van der Waals surface area contributed by atoms with Gasteiger partial charge in [-0.1, -0.05) is 12.1 Å². The topological polar surface area (TPSA) is 25.8 Å². The maximum Gasteiger partial charge on any atom is 0.0886 e. The Hall–Kier alpha value is 0.196. The molecule has 0 N–H and O–H groups in total. The summed E-state index contributed by atoms with van der Waals surface area (Å²) in [6.07, 6.45) is 3.39. The Kier molecular flexibility index (Phi) is 3.61. The van der Waals surface area contributed by atoms with E-state index in [1.165, 1.54) is 0 Å². The van der Waals surface area contributed by atoms with Crippen molar-refractivity contribution in [2.24, 2.45) is 0 Å². The fourth-order valence-corrected chi connectivity index (χ4v) is 0.910. The molecule has 2 nitrogen and oxygen atoms in total. The van der Waals surface area contributed by atoms with E-state index < -0.39 is 0 Å². The number of rotatable bonds is 0. The van der Waals surface area contributed by atoms with E-state index in [4.69, 9.17) is 0 Å². The number of aromatic nitrogens is 2. The fraction of sp³-hybridized carbons (Fsp3) is 0. The SMILES string of the molecule is [K].c1ccc2nccnc2c1. The average molecular weight is 169 g/mol. The van der Waals surface area contributed by atoms with Crippen molar-refractivity contribution in [1.82, 2.24) is 9.97 Å². The predicted octanol–water partition coefficient (Wildman–Crippen LogP) is 1.25. The molecule has 0 spiro atoms. The van der Waals surface area contributed by atoms with Crippen LogP contribution in [0.2, 0.25) is 0 Å². The molecule has 0 aliphatic carbocycles. The summed E-state index contributed by atoms with van der Waals surface area (Å²) in [5.74, 6) is 0. The minimum Gasteiger partial charge on any atom is -0.253 e. The number of para-hydroxylation sites is 2. The number of nitrogens with zero attached hydrogens (tertiary/aromatic N) is 2. The van der Waals surface area contributed by atoms with Crippen LogP contribution in [0.25, 0.3) is 11.0 Å². The fourth-order valence-electron chi connectivity index (χ4n) is 0.910. The zero-order chi connectivity index (χ0) is 6.81. The summed E-state index contributed by atoms with van der Waals surface area (Å²) >= 11 is 0.